The van der Waals surface area contributed by atoms with E-state index in [9.17, 15) is 0 Å². The Morgan fingerprint density at radius 2 is 1.27 bits per heavy atom. The summed E-state index contributed by atoms with van der Waals surface area (Å²) in [4.78, 5) is 0. The van der Waals surface area contributed by atoms with Crippen LogP contribution in [0.1, 0.15) is 40.0 Å². The molecule has 0 atom stereocenters. The molecular formula is C9H23NSn. The summed E-state index contributed by atoms with van der Waals surface area (Å²) in [7, 11) is 0. The Hall–Kier alpha value is 0.759. The topological polar surface area (TPSA) is 12.0 Å². The van der Waals surface area contributed by atoms with Crippen molar-refractivity contribution in [3.63, 3.8) is 0 Å². The van der Waals surface area contributed by atoms with Crippen LogP contribution in [0.15, 0.2) is 0 Å². The van der Waals surface area contributed by atoms with Gasteiger partial charge in [-0.3, -0.25) is 0 Å². The van der Waals surface area contributed by atoms with Crippen molar-refractivity contribution in [1.82, 2.24) is 5.32 Å². The minimum atomic E-state index is 1.17. The van der Waals surface area contributed by atoms with Gasteiger partial charge in [0, 0.05) is 0 Å². The molecule has 0 aliphatic heterocycles. The second-order valence-electron chi connectivity index (χ2n) is 2.54. The van der Waals surface area contributed by atoms with E-state index in [-0.39, 0.29) is 0 Å². The van der Waals surface area contributed by atoms with E-state index in [2.05, 4.69) is 26.1 Å². The summed E-state index contributed by atoms with van der Waals surface area (Å²) in [5, 5.41) is 3.28. The molecule has 0 aliphatic carbocycles. The zero-order valence-electron chi connectivity index (χ0n) is 8.32. The van der Waals surface area contributed by atoms with E-state index in [0.717, 1.165) is 0 Å². The van der Waals surface area contributed by atoms with Crippen molar-refractivity contribution < 1.29 is 0 Å². The summed E-state index contributed by atoms with van der Waals surface area (Å²) in [6, 6.07) is 0. The van der Waals surface area contributed by atoms with Gasteiger partial charge in [0.1, 0.15) is 0 Å². The van der Waals surface area contributed by atoms with E-state index in [1.165, 1.54) is 59.3 Å². The molecular weight excluding hydrogens is 241 g/mol. The first kappa shape index (κ1) is 14.3. The predicted octanol–water partition coefficient (Wildman–Crippen LogP) is 2.11. The summed E-state index contributed by atoms with van der Waals surface area (Å²) < 4.78 is 1.45. The third kappa shape index (κ3) is 24.9. The zero-order valence-corrected chi connectivity index (χ0v) is 11.6. The monoisotopic (exact) mass is 265 g/mol. The van der Waals surface area contributed by atoms with Crippen LogP contribution in [0, 0.1) is 0 Å². The molecule has 0 unspecified atom stereocenters. The van der Waals surface area contributed by atoms with Crippen LogP contribution < -0.4 is 5.32 Å². The molecule has 68 valence electrons. The Morgan fingerprint density at radius 3 is 1.45 bits per heavy atom. The number of hydrogen-bond acceptors (Lipinski definition) is 1. The normalized spacial score (nSPS) is 8.73. The summed E-state index contributed by atoms with van der Waals surface area (Å²) >= 11 is 1.44. The van der Waals surface area contributed by atoms with Crippen molar-refractivity contribution in [2.45, 2.75) is 44.5 Å². The molecule has 0 saturated carbocycles. The van der Waals surface area contributed by atoms with Gasteiger partial charge in [-0.05, 0) is 25.9 Å². The molecule has 0 aromatic heterocycles. The van der Waals surface area contributed by atoms with Gasteiger partial charge in [0.25, 0.3) is 0 Å². The molecule has 0 rings (SSSR count). The molecule has 0 fully saturated rings. The van der Waals surface area contributed by atoms with E-state index in [0.29, 0.717) is 0 Å². The molecule has 0 amide bonds. The molecule has 0 aliphatic rings. The fourth-order valence-corrected chi connectivity index (χ4v) is 0.479. The van der Waals surface area contributed by atoms with Gasteiger partial charge in [-0.15, -0.1) is 0 Å². The molecule has 1 N–H and O–H groups in total. The van der Waals surface area contributed by atoms with Crippen LogP contribution in [0.4, 0.5) is 0 Å². The van der Waals surface area contributed by atoms with E-state index >= 15 is 0 Å². The Balaban J connectivity index is 0. The van der Waals surface area contributed by atoms with Crippen LogP contribution in [0.25, 0.3) is 0 Å². The first-order valence-electron chi connectivity index (χ1n) is 4.74. The summed E-state index contributed by atoms with van der Waals surface area (Å²) in [5.41, 5.74) is 0. The van der Waals surface area contributed by atoms with Crippen molar-refractivity contribution in [3.8, 4) is 0 Å². The van der Waals surface area contributed by atoms with Crippen LogP contribution in [-0.4, -0.2) is 35.6 Å². The minimum absolute atomic E-state index is 1.17. The van der Waals surface area contributed by atoms with Crippen LogP contribution in [-0.2, 0) is 0 Å². The van der Waals surface area contributed by atoms with Gasteiger partial charge in [-0.25, -0.2) is 0 Å². The van der Waals surface area contributed by atoms with Gasteiger partial charge in [-0.1, -0.05) is 13.8 Å². The van der Waals surface area contributed by atoms with Gasteiger partial charge in [-0.2, -0.15) is 0 Å². The molecule has 2 radical (unpaired) electrons. The maximum atomic E-state index is 3.28. The molecule has 1 nitrogen and oxygen atoms in total. The Labute approximate surface area is 85.4 Å². The first-order chi connectivity index (χ1) is 5.33. The third-order valence-corrected chi connectivity index (χ3v) is 2.79. The van der Waals surface area contributed by atoms with Crippen molar-refractivity contribution in [3.05, 3.63) is 0 Å². The molecule has 0 aromatic carbocycles. The Morgan fingerprint density at radius 1 is 0.909 bits per heavy atom. The predicted molar refractivity (Wildman–Crippen MR) is 55.7 cm³/mol. The quantitative estimate of drug-likeness (QED) is 0.592. The molecule has 0 heterocycles. The second-order valence-corrected chi connectivity index (χ2v) is 4.19. The molecule has 0 aromatic rings. The van der Waals surface area contributed by atoms with Crippen molar-refractivity contribution in [2.75, 3.05) is 13.1 Å². The van der Waals surface area contributed by atoms with E-state index in [1.54, 1.807) is 0 Å². The summed E-state index contributed by atoms with van der Waals surface area (Å²) in [6.07, 6.45) is 3.88. The molecule has 0 saturated heterocycles. The van der Waals surface area contributed by atoms with Crippen LogP contribution in [0.5, 0.6) is 0 Å². The van der Waals surface area contributed by atoms with Crippen molar-refractivity contribution in [2.24, 2.45) is 0 Å². The fraction of sp³-hybridized carbons (Fsp3) is 1.00. The summed E-state index contributed by atoms with van der Waals surface area (Å²) in [5.74, 6) is 0. The maximum absolute atomic E-state index is 3.28. The number of hydrogen-bond donors (Lipinski definition) is 1. The Kier molecular flexibility index (Phi) is 22.1. The molecule has 2 heteroatoms. The van der Waals surface area contributed by atoms with Gasteiger partial charge in [0.05, 0.1) is 0 Å². The summed E-state index contributed by atoms with van der Waals surface area (Å²) in [6.45, 7) is 8.93. The average Bonchev–Trinajstić information content (AvgIpc) is 2.06. The molecule has 0 spiro atoms. The van der Waals surface area contributed by atoms with Crippen LogP contribution >= 0.6 is 0 Å². The first-order valence-corrected chi connectivity index (χ1v) is 7.07. The number of nitrogens with one attached hydrogen (secondary N) is 1. The van der Waals surface area contributed by atoms with E-state index in [1.807, 2.05) is 0 Å². The van der Waals surface area contributed by atoms with Gasteiger partial charge < -0.3 is 5.32 Å². The van der Waals surface area contributed by atoms with Crippen LogP contribution in [0.3, 0.4) is 0 Å². The van der Waals surface area contributed by atoms with E-state index in [4.69, 9.17) is 0 Å². The second kappa shape index (κ2) is 17.0. The van der Waals surface area contributed by atoms with Gasteiger partial charge in [0.15, 0.2) is 0 Å². The zero-order chi connectivity index (χ0) is 8.95. The van der Waals surface area contributed by atoms with Crippen molar-refractivity contribution >= 4 is 22.5 Å². The molecule has 11 heavy (non-hydrogen) atoms. The third-order valence-electron chi connectivity index (χ3n) is 1.14. The standard InChI is InChI=1S/C6H15N.C3H7.Sn.H/c1-3-5-7-6-4-2;1-3-2;;/h7H,3-6H2,1-2H3;1,3H2,2H3;;. The van der Waals surface area contributed by atoms with Crippen LogP contribution in [0.2, 0.25) is 4.44 Å². The van der Waals surface area contributed by atoms with Crippen molar-refractivity contribution in [1.29, 1.82) is 0 Å². The SMILES string of the molecule is CCCNCCC.CC[CH2][SnH]. The number of rotatable bonds is 5. The Bertz CT molecular complexity index is 42.8. The van der Waals surface area contributed by atoms with Gasteiger partial charge in [0.2, 0.25) is 0 Å². The average molecular weight is 264 g/mol. The molecule has 0 bridgehead atoms. The fourth-order valence-electron chi connectivity index (χ4n) is 0.479. The van der Waals surface area contributed by atoms with Gasteiger partial charge >= 0.3 is 40.3 Å². The van der Waals surface area contributed by atoms with E-state index < -0.39 is 0 Å².